The number of hydrogen-bond acceptors (Lipinski definition) is 3. The lowest BCUT2D eigenvalue weighted by Crippen LogP contribution is -2.32. The molecule has 0 fully saturated rings. The minimum atomic E-state index is -0.407. The molecule has 1 N–H and O–H groups in total. The van der Waals surface area contributed by atoms with Gasteiger partial charge in [-0.15, -0.1) is 0 Å². The topological polar surface area (TPSA) is 56.2 Å². The van der Waals surface area contributed by atoms with Crippen LogP contribution in [0.3, 0.4) is 0 Å². The minimum absolute atomic E-state index is 0.0599. The Kier molecular flexibility index (Phi) is 3.86. The number of ether oxygens (including phenoxy) is 1. The van der Waals surface area contributed by atoms with Crippen molar-refractivity contribution in [2.45, 2.75) is 12.5 Å². The van der Waals surface area contributed by atoms with Gasteiger partial charge in [0.15, 0.2) is 0 Å². The molecule has 3 aromatic carbocycles. The summed E-state index contributed by atoms with van der Waals surface area (Å²) in [7, 11) is 1.97. The van der Waals surface area contributed by atoms with Gasteiger partial charge in [-0.25, -0.2) is 4.98 Å². The van der Waals surface area contributed by atoms with Gasteiger partial charge < -0.3 is 14.6 Å². The van der Waals surface area contributed by atoms with Gasteiger partial charge in [0.2, 0.25) is 5.91 Å². The van der Waals surface area contributed by atoms with Crippen molar-refractivity contribution in [3.8, 4) is 11.5 Å². The molecule has 138 valence electrons. The van der Waals surface area contributed by atoms with Crippen molar-refractivity contribution in [1.82, 2.24) is 14.9 Å². The number of aromatic nitrogens is 2. The number of para-hydroxylation sites is 4. The highest BCUT2D eigenvalue weighted by Gasteiger charge is 2.32. The molecule has 1 aliphatic heterocycles. The van der Waals surface area contributed by atoms with E-state index in [0.29, 0.717) is 6.54 Å². The number of nitrogens with one attached hydrogen (secondary N) is 1. The molecule has 1 aliphatic rings. The summed E-state index contributed by atoms with van der Waals surface area (Å²) in [5.41, 5.74) is 3.73. The second kappa shape index (κ2) is 6.53. The lowest BCUT2D eigenvalue weighted by Gasteiger charge is -2.27. The van der Waals surface area contributed by atoms with Crippen LogP contribution < -0.4 is 10.1 Å². The molecule has 0 bridgehead atoms. The zero-order valence-electron chi connectivity index (χ0n) is 15.4. The molecule has 0 spiro atoms. The van der Waals surface area contributed by atoms with E-state index in [1.54, 1.807) is 0 Å². The zero-order valence-corrected chi connectivity index (χ0v) is 15.4. The van der Waals surface area contributed by atoms with Gasteiger partial charge in [0.05, 0.1) is 23.5 Å². The van der Waals surface area contributed by atoms with Crippen LogP contribution in [0.5, 0.6) is 11.5 Å². The summed E-state index contributed by atoms with van der Waals surface area (Å²) in [6.07, 6.45) is 0. The van der Waals surface area contributed by atoms with Crippen LogP contribution in [0.2, 0.25) is 0 Å². The average Bonchev–Trinajstić information content (AvgIpc) is 3.06. The van der Waals surface area contributed by atoms with Crippen molar-refractivity contribution >= 4 is 16.9 Å². The minimum Gasteiger partial charge on any atom is -0.457 e. The predicted octanol–water partition coefficient (Wildman–Crippen LogP) is 4.13. The molecule has 5 rings (SSSR count). The van der Waals surface area contributed by atoms with E-state index in [0.717, 1.165) is 39.5 Å². The molecule has 2 heterocycles. The Morgan fingerprint density at radius 3 is 2.25 bits per heavy atom. The lowest BCUT2D eigenvalue weighted by atomic mass is 9.87. The Bertz CT molecular complexity index is 1150. The number of benzene rings is 3. The lowest BCUT2D eigenvalue weighted by molar-refractivity contribution is -0.122. The summed E-state index contributed by atoms with van der Waals surface area (Å²) in [5, 5.41) is 3.07. The molecular weight excluding hydrogens is 350 g/mol. The second-order valence-corrected chi connectivity index (χ2v) is 6.90. The molecule has 0 saturated carbocycles. The number of hydrogen-bond donors (Lipinski definition) is 1. The third kappa shape index (κ3) is 2.63. The molecule has 4 aromatic rings. The van der Waals surface area contributed by atoms with Crippen molar-refractivity contribution in [3.05, 3.63) is 89.7 Å². The molecule has 0 atom stereocenters. The summed E-state index contributed by atoms with van der Waals surface area (Å²) in [6.45, 7) is 0.367. The van der Waals surface area contributed by atoms with Gasteiger partial charge in [0.25, 0.3) is 0 Å². The van der Waals surface area contributed by atoms with Crippen LogP contribution in [-0.4, -0.2) is 15.5 Å². The third-order valence-electron chi connectivity index (χ3n) is 5.24. The number of imidazole rings is 1. The molecule has 0 radical (unpaired) electrons. The monoisotopic (exact) mass is 369 g/mol. The van der Waals surface area contributed by atoms with Gasteiger partial charge in [0, 0.05) is 18.2 Å². The maximum absolute atomic E-state index is 13.2. The largest absolute Gasteiger partial charge is 0.457 e. The van der Waals surface area contributed by atoms with Crippen LogP contribution in [0.4, 0.5) is 0 Å². The number of rotatable bonds is 3. The van der Waals surface area contributed by atoms with E-state index in [1.165, 1.54) is 0 Å². The number of carbonyl (C=O) groups excluding carboxylic acids is 1. The van der Waals surface area contributed by atoms with Gasteiger partial charge in [0.1, 0.15) is 17.3 Å². The standard InChI is InChI=1S/C23H19N3O2/c1-26-18-11-5-4-10-17(18)25-21(26)14-24-23(27)22-15-8-2-6-12-19(15)28-20-13-7-3-9-16(20)22/h2-13,22H,14H2,1H3,(H,24,27). The highest BCUT2D eigenvalue weighted by Crippen LogP contribution is 2.43. The van der Waals surface area contributed by atoms with E-state index >= 15 is 0 Å². The summed E-state index contributed by atoms with van der Waals surface area (Å²) >= 11 is 0. The van der Waals surface area contributed by atoms with Crippen molar-refractivity contribution in [3.63, 3.8) is 0 Å². The smallest absolute Gasteiger partial charge is 0.232 e. The molecule has 5 nitrogen and oxygen atoms in total. The first-order valence-corrected chi connectivity index (χ1v) is 9.26. The normalized spacial score (nSPS) is 12.9. The van der Waals surface area contributed by atoms with E-state index < -0.39 is 5.92 Å². The molecular formula is C23H19N3O2. The number of carbonyl (C=O) groups is 1. The highest BCUT2D eigenvalue weighted by atomic mass is 16.5. The second-order valence-electron chi connectivity index (χ2n) is 6.90. The predicted molar refractivity (Wildman–Crippen MR) is 107 cm³/mol. The average molecular weight is 369 g/mol. The van der Waals surface area contributed by atoms with Crippen LogP contribution in [-0.2, 0) is 18.4 Å². The van der Waals surface area contributed by atoms with Crippen molar-refractivity contribution < 1.29 is 9.53 Å². The van der Waals surface area contributed by atoms with Crippen LogP contribution in [0.25, 0.3) is 11.0 Å². The summed E-state index contributed by atoms with van der Waals surface area (Å²) in [5.74, 6) is 1.81. The van der Waals surface area contributed by atoms with Gasteiger partial charge in [-0.3, -0.25) is 4.79 Å². The SMILES string of the molecule is Cn1c(CNC(=O)C2c3ccccc3Oc3ccccc32)nc2ccccc21. The maximum Gasteiger partial charge on any atom is 0.232 e. The molecule has 1 aromatic heterocycles. The Morgan fingerprint density at radius 1 is 0.964 bits per heavy atom. The van der Waals surface area contributed by atoms with Gasteiger partial charge in [-0.05, 0) is 24.3 Å². The number of aryl methyl sites for hydroxylation is 1. The van der Waals surface area contributed by atoms with Crippen LogP contribution >= 0.6 is 0 Å². The molecule has 28 heavy (non-hydrogen) atoms. The molecule has 0 aliphatic carbocycles. The van der Waals surface area contributed by atoms with Gasteiger partial charge >= 0.3 is 0 Å². The maximum atomic E-state index is 13.2. The highest BCUT2D eigenvalue weighted by molar-refractivity contribution is 5.89. The van der Waals surface area contributed by atoms with E-state index in [-0.39, 0.29) is 5.91 Å². The Labute approximate surface area is 162 Å². The van der Waals surface area contributed by atoms with E-state index in [4.69, 9.17) is 4.74 Å². The van der Waals surface area contributed by atoms with Crippen molar-refractivity contribution in [1.29, 1.82) is 0 Å². The third-order valence-corrected chi connectivity index (χ3v) is 5.24. The van der Waals surface area contributed by atoms with Crippen molar-refractivity contribution in [2.75, 3.05) is 0 Å². The van der Waals surface area contributed by atoms with Gasteiger partial charge in [-0.1, -0.05) is 48.5 Å². The first kappa shape index (κ1) is 16.6. The molecule has 0 unspecified atom stereocenters. The Balaban J connectivity index is 1.46. The quantitative estimate of drug-likeness (QED) is 0.591. The Hall–Kier alpha value is -3.60. The summed E-state index contributed by atoms with van der Waals surface area (Å²) < 4.78 is 8.00. The van der Waals surface area contributed by atoms with E-state index in [1.807, 2.05) is 84.4 Å². The van der Waals surface area contributed by atoms with E-state index in [9.17, 15) is 4.79 Å². The fourth-order valence-electron chi connectivity index (χ4n) is 3.81. The first-order chi connectivity index (χ1) is 13.7. The number of amides is 1. The summed E-state index contributed by atoms with van der Waals surface area (Å²) in [6, 6.07) is 23.4. The van der Waals surface area contributed by atoms with Gasteiger partial charge in [-0.2, -0.15) is 0 Å². The fraction of sp³-hybridized carbons (Fsp3) is 0.130. The van der Waals surface area contributed by atoms with Crippen LogP contribution in [0.1, 0.15) is 22.9 Å². The number of fused-ring (bicyclic) bond motifs is 3. The van der Waals surface area contributed by atoms with E-state index in [2.05, 4.69) is 10.3 Å². The van der Waals surface area contributed by atoms with Crippen molar-refractivity contribution in [2.24, 2.45) is 7.05 Å². The Morgan fingerprint density at radius 2 is 1.57 bits per heavy atom. The zero-order chi connectivity index (χ0) is 19.1. The summed E-state index contributed by atoms with van der Waals surface area (Å²) in [4.78, 5) is 17.9. The van der Waals surface area contributed by atoms with Crippen LogP contribution in [0.15, 0.2) is 72.8 Å². The molecule has 5 heteroatoms. The van der Waals surface area contributed by atoms with Crippen LogP contribution in [0, 0.1) is 0 Å². The fourth-order valence-corrected chi connectivity index (χ4v) is 3.81. The molecule has 1 amide bonds. The molecule has 0 saturated heterocycles. The first-order valence-electron chi connectivity index (χ1n) is 9.26. The number of nitrogens with zero attached hydrogens (tertiary/aromatic N) is 2.